The zero-order valence-corrected chi connectivity index (χ0v) is 9.78. The molecule has 1 fully saturated rings. The van der Waals surface area contributed by atoms with E-state index in [1.54, 1.807) is 11.9 Å². The van der Waals surface area contributed by atoms with Gasteiger partial charge < -0.3 is 10.0 Å². The molecule has 0 spiro atoms. The molecule has 2 unspecified atom stereocenters. The molecular formula is C11H19NO3. The minimum atomic E-state index is -0.833. The van der Waals surface area contributed by atoms with E-state index in [0.29, 0.717) is 13.0 Å². The van der Waals surface area contributed by atoms with E-state index in [2.05, 4.69) is 0 Å². The van der Waals surface area contributed by atoms with Gasteiger partial charge in [0.25, 0.3) is 0 Å². The summed E-state index contributed by atoms with van der Waals surface area (Å²) in [7, 11) is 1.72. The maximum atomic E-state index is 11.8. The van der Waals surface area contributed by atoms with Crippen molar-refractivity contribution in [1.29, 1.82) is 0 Å². The maximum absolute atomic E-state index is 11.8. The van der Waals surface area contributed by atoms with Crippen LogP contribution in [0, 0.1) is 17.3 Å². The van der Waals surface area contributed by atoms with E-state index in [1.165, 1.54) is 0 Å². The molecule has 86 valence electrons. The highest BCUT2D eigenvalue weighted by Gasteiger charge is 2.65. The number of carbonyl (C=O) groups is 2. The quantitative estimate of drug-likeness (QED) is 0.763. The van der Waals surface area contributed by atoms with Gasteiger partial charge >= 0.3 is 5.97 Å². The summed E-state index contributed by atoms with van der Waals surface area (Å²) in [6.45, 7) is 6.25. The van der Waals surface area contributed by atoms with E-state index in [4.69, 9.17) is 0 Å². The first-order chi connectivity index (χ1) is 6.87. The van der Waals surface area contributed by atoms with Crippen LogP contribution in [0.4, 0.5) is 0 Å². The third-order valence-corrected chi connectivity index (χ3v) is 3.58. The number of nitrogens with zero attached hydrogens (tertiary/aromatic N) is 1. The van der Waals surface area contributed by atoms with Gasteiger partial charge in [-0.1, -0.05) is 13.8 Å². The van der Waals surface area contributed by atoms with E-state index in [-0.39, 0.29) is 17.7 Å². The molecule has 1 N–H and O–H groups in total. The van der Waals surface area contributed by atoms with E-state index in [0.717, 1.165) is 0 Å². The van der Waals surface area contributed by atoms with Crippen molar-refractivity contribution >= 4 is 11.9 Å². The van der Waals surface area contributed by atoms with Crippen molar-refractivity contribution in [3.63, 3.8) is 0 Å². The van der Waals surface area contributed by atoms with Crippen LogP contribution in [-0.4, -0.2) is 35.5 Å². The number of amides is 1. The molecule has 0 aromatic rings. The lowest BCUT2D eigenvalue weighted by atomic mass is 9.89. The summed E-state index contributed by atoms with van der Waals surface area (Å²) in [6, 6.07) is 0. The predicted molar refractivity (Wildman–Crippen MR) is 56.3 cm³/mol. The van der Waals surface area contributed by atoms with Crippen LogP contribution in [0.5, 0.6) is 0 Å². The molecule has 4 heteroatoms. The highest BCUT2D eigenvalue weighted by Crippen LogP contribution is 2.58. The number of carbonyl (C=O) groups excluding carboxylic acids is 1. The fourth-order valence-corrected chi connectivity index (χ4v) is 2.13. The summed E-state index contributed by atoms with van der Waals surface area (Å²) in [4.78, 5) is 24.6. The minimum Gasteiger partial charge on any atom is -0.481 e. The molecule has 1 aliphatic carbocycles. The lowest BCUT2D eigenvalue weighted by Crippen LogP contribution is -2.33. The molecule has 0 aromatic carbocycles. The predicted octanol–water partition coefficient (Wildman–Crippen LogP) is 1.21. The van der Waals surface area contributed by atoms with E-state index >= 15 is 0 Å². The Kier molecular flexibility index (Phi) is 3.07. The molecule has 4 nitrogen and oxygen atoms in total. The van der Waals surface area contributed by atoms with Gasteiger partial charge in [0.15, 0.2) is 0 Å². The third kappa shape index (κ3) is 1.73. The average molecular weight is 213 g/mol. The molecule has 1 saturated carbocycles. The molecule has 0 heterocycles. The molecule has 0 bridgehead atoms. The Bertz CT molecular complexity index is 288. The van der Waals surface area contributed by atoms with Crippen molar-refractivity contribution in [1.82, 2.24) is 4.90 Å². The van der Waals surface area contributed by atoms with Crippen LogP contribution < -0.4 is 0 Å². The second kappa shape index (κ2) is 3.83. The Morgan fingerprint density at radius 3 is 2.33 bits per heavy atom. The summed E-state index contributed by atoms with van der Waals surface area (Å²) in [6.07, 6.45) is 0.489. The van der Waals surface area contributed by atoms with Gasteiger partial charge in [-0.25, -0.2) is 0 Å². The summed E-state index contributed by atoms with van der Waals surface area (Å²) in [5, 5.41) is 9.18. The zero-order valence-electron chi connectivity index (χ0n) is 9.78. The first-order valence-corrected chi connectivity index (χ1v) is 5.36. The van der Waals surface area contributed by atoms with Crippen molar-refractivity contribution in [2.45, 2.75) is 27.2 Å². The standard InChI is InChI=1S/C11H19NO3/c1-5-12(4)9(13)8-6-11(8,7(2)3)10(14)15/h7-8H,5-6H2,1-4H3,(H,14,15). The number of hydrogen-bond donors (Lipinski definition) is 1. The molecule has 0 saturated heterocycles. The monoisotopic (exact) mass is 213 g/mol. The lowest BCUT2D eigenvalue weighted by molar-refractivity contribution is -0.148. The molecule has 2 atom stereocenters. The highest BCUT2D eigenvalue weighted by molar-refractivity contribution is 5.92. The van der Waals surface area contributed by atoms with E-state index in [1.807, 2.05) is 20.8 Å². The molecule has 1 aliphatic rings. The van der Waals surface area contributed by atoms with Crippen LogP contribution in [0.3, 0.4) is 0 Å². The largest absolute Gasteiger partial charge is 0.481 e. The van der Waals surface area contributed by atoms with Crippen molar-refractivity contribution in [2.24, 2.45) is 17.3 Å². The number of carboxylic acid groups (broad SMARTS) is 1. The third-order valence-electron chi connectivity index (χ3n) is 3.58. The number of carboxylic acids is 1. The fraction of sp³-hybridized carbons (Fsp3) is 0.818. The molecule has 15 heavy (non-hydrogen) atoms. The van der Waals surface area contributed by atoms with Gasteiger partial charge in [-0.3, -0.25) is 9.59 Å². The number of hydrogen-bond acceptors (Lipinski definition) is 2. The van der Waals surface area contributed by atoms with Crippen molar-refractivity contribution < 1.29 is 14.7 Å². The van der Waals surface area contributed by atoms with Crippen LogP contribution in [0.15, 0.2) is 0 Å². The molecular weight excluding hydrogens is 194 g/mol. The van der Waals surface area contributed by atoms with Crippen molar-refractivity contribution in [3.05, 3.63) is 0 Å². The highest BCUT2D eigenvalue weighted by atomic mass is 16.4. The first-order valence-electron chi connectivity index (χ1n) is 5.36. The smallest absolute Gasteiger partial charge is 0.310 e. The second-order valence-corrected chi connectivity index (χ2v) is 4.61. The fourth-order valence-electron chi connectivity index (χ4n) is 2.13. The summed E-state index contributed by atoms with van der Waals surface area (Å²) in [5.41, 5.74) is -0.805. The van der Waals surface area contributed by atoms with Crippen molar-refractivity contribution in [2.75, 3.05) is 13.6 Å². The van der Waals surface area contributed by atoms with Gasteiger partial charge in [0.05, 0.1) is 11.3 Å². The number of rotatable bonds is 4. The SMILES string of the molecule is CCN(C)C(=O)C1CC1(C(=O)O)C(C)C. The first kappa shape index (κ1) is 12.0. The molecule has 0 aromatic heterocycles. The second-order valence-electron chi connectivity index (χ2n) is 4.61. The van der Waals surface area contributed by atoms with Crippen LogP contribution in [0.1, 0.15) is 27.2 Å². The van der Waals surface area contributed by atoms with Gasteiger partial charge in [-0.05, 0) is 19.3 Å². The van der Waals surface area contributed by atoms with Crippen LogP contribution in [0.25, 0.3) is 0 Å². The Labute approximate surface area is 90.3 Å². The van der Waals surface area contributed by atoms with Gasteiger partial charge in [0, 0.05) is 13.6 Å². The van der Waals surface area contributed by atoms with Crippen molar-refractivity contribution in [3.8, 4) is 0 Å². The van der Waals surface area contributed by atoms with Crippen LogP contribution in [0.2, 0.25) is 0 Å². The number of aliphatic carboxylic acids is 1. The van der Waals surface area contributed by atoms with Gasteiger partial charge in [0.2, 0.25) is 5.91 Å². The molecule has 1 rings (SSSR count). The molecule has 0 aliphatic heterocycles. The van der Waals surface area contributed by atoms with Crippen LogP contribution >= 0.6 is 0 Å². The van der Waals surface area contributed by atoms with Gasteiger partial charge in [0.1, 0.15) is 0 Å². The van der Waals surface area contributed by atoms with Gasteiger partial charge in [-0.2, -0.15) is 0 Å². The lowest BCUT2D eigenvalue weighted by Gasteiger charge is -2.19. The Morgan fingerprint density at radius 1 is 1.53 bits per heavy atom. The normalized spacial score (nSPS) is 29.0. The van der Waals surface area contributed by atoms with E-state index in [9.17, 15) is 14.7 Å². The molecule has 0 radical (unpaired) electrons. The average Bonchev–Trinajstić information content (AvgIpc) is 2.91. The van der Waals surface area contributed by atoms with Gasteiger partial charge in [-0.15, -0.1) is 0 Å². The van der Waals surface area contributed by atoms with Crippen LogP contribution in [-0.2, 0) is 9.59 Å². The zero-order chi connectivity index (χ0) is 11.8. The maximum Gasteiger partial charge on any atom is 0.310 e. The molecule has 1 amide bonds. The summed E-state index contributed by atoms with van der Waals surface area (Å²) in [5.74, 6) is -1.18. The Morgan fingerprint density at radius 2 is 2.07 bits per heavy atom. The summed E-state index contributed by atoms with van der Waals surface area (Å²) >= 11 is 0. The summed E-state index contributed by atoms with van der Waals surface area (Å²) < 4.78 is 0. The minimum absolute atomic E-state index is 0.00852. The Balaban J connectivity index is 2.79. The Hall–Kier alpha value is -1.06. The topological polar surface area (TPSA) is 57.6 Å². The van der Waals surface area contributed by atoms with E-state index < -0.39 is 11.4 Å².